The van der Waals surface area contributed by atoms with Crippen molar-refractivity contribution in [3.05, 3.63) is 0 Å². The van der Waals surface area contributed by atoms with Crippen molar-refractivity contribution in [3.63, 3.8) is 0 Å². The monoisotopic (exact) mass is 302 g/mol. The zero-order valence-corrected chi connectivity index (χ0v) is 13.8. The Bertz CT molecular complexity index is 385. The van der Waals surface area contributed by atoms with E-state index in [1.54, 1.807) is 4.31 Å². The molecule has 0 spiro atoms. The SMILES string of the molecule is CC(C)CCN(C1CC1)S(=O)(=O)CCC1CCCCN1. The third kappa shape index (κ3) is 5.01. The average Bonchev–Trinajstić information content (AvgIpc) is 3.22. The quantitative estimate of drug-likeness (QED) is 0.749. The summed E-state index contributed by atoms with van der Waals surface area (Å²) in [5, 5.41) is 3.44. The molecule has 2 aliphatic rings. The van der Waals surface area contributed by atoms with Gasteiger partial charge in [-0.05, 0) is 51.0 Å². The lowest BCUT2D eigenvalue weighted by Gasteiger charge is -2.26. The van der Waals surface area contributed by atoms with E-state index < -0.39 is 10.0 Å². The van der Waals surface area contributed by atoms with Crippen LogP contribution < -0.4 is 5.32 Å². The van der Waals surface area contributed by atoms with Crippen LogP contribution in [-0.2, 0) is 10.0 Å². The van der Waals surface area contributed by atoms with Crippen molar-refractivity contribution in [2.75, 3.05) is 18.8 Å². The first-order valence-electron chi connectivity index (χ1n) is 8.22. The van der Waals surface area contributed by atoms with Gasteiger partial charge in [-0.1, -0.05) is 20.3 Å². The van der Waals surface area contributed by atoms with Crippen LogP contribution in [0.15, 0.2) is 0 Å². The summed E-state index contributed by atoms with van der Waals surface area (Å²) < 4.78 is 26.9. The van der Waals surface area contributed by atoms with E-state index in [0.717, 1.165) is 38.6 Å². The molecule has 118 valence electrons. The second-order valence-electron chi connectivity index (χ2n) is 6.78. The summed E-state index contributed by atoms with van der Waals surface area (Å²) in [7, 11) is -3.06. The Morgan fingerprint density at radius 1 is 1.20 bits per heavy atom. The van der Waals surface area contributed by atoms with Crippen LogP contribution in [0.3, 0.4) is 0 Å². The van der Waals surface area contributed by atoms with Gasteiger partial charge >= 0.3 is 0 Å². The molecule has 1 heterocycles. The molecule has 1 aliphatic carbocycles. The van der Waals surface area contributed by atoms with Gasteiger partial charge < -0.3 is 5.32 Å². The molecule has 0 aromatic rings. The highest BCUT2D eigenvalue weighted by Gasteiger charge is 2.36. The van der Waals surface area contributed by atoms with Crippen LogP contribution in [0.2, 0.25) is 0 Å². The molecule has 2 rings (SSSR count). The van der Waals surface area contributed by atoms with Crippen molar-refractivity contribution in [1.82, 2.24) is 9.62 Å². The fraction of sp³-hybridized carbons (Fsp3) is 1.00. The van der Waals surface area contributed by atoms with Gasteiger partial charge in [0.05, 0.1) is 5.75 Å². The van der Waals surface area contributed by atoms with E-state index in [4.69, 9.17) is 0 Å². The molecule has 0 bridgehead atoms. The summed E-state index contributed by atoms with van der Waals surface area (Å²) in [5.74, 6) is 0.880. The van der Waals surface area contributed by atoms with Crippen LogP contribution >= 0.6 is 0 Å². The highest BCUT2D eigenvalue weighted by molar-refractivity contribution is 7.89. The minimum Gasteiger partial charge on any atom is -0.314 e. The van der Waals surface area contributed by atoms with E-state index >= 15 is 0 Å². The van der Waals surface area contributed by atoms with Gasteiger partial charge in [0.1, 0.15) is 0 Å². The van der Waals surface area contributed by atoms with Crippen molar-refractivity contribution in [2.24, 2.45) is 5.92 Å². The summed E-state index contributed by atoms with van der Waals surface area (Å²) in [6.45, 7) is 6.07. The van der Waals surface area contributed by atoms with Gasteiger partial charge in [-0.15, -0.1) is 0 Å². The molecule has 20 heavy (non-hydrogen) atoms. The second kappa shape index (κ2) is 7.23. The number of hydrogen-bond donors (Lipinski definition) is 1. The Hall–Kier alpha value is -0.130. The lowest BCUT2D eigenvalue weighted by atomic mass is 10.0. The standard InChI is InChI=1S/C15H30N2O2S/c1-13(2)8-11-17(15-6-7-15)20(18,19)12-9-14-5-3-4-10-16-14/h13-16H,3-12H2,1-2H3. The van der Waals surface area contributed by atoms with Gasteiger partial charge in [-0.2, -0.15) is 4.31 Å². The summed E-state index contributed by atoms with van der Waals surface area (Å²) in [6.07, 6.45) is 7.44. The van der Waals surface area contributed by atoms with E-state index in [1.165, 1.54) is 12.8 Å². The minimum atomic E-state index is -3.06. The highest BCUT2D eigenvalue weighted by Crippen LogP contribution is 2.30. The Balaban J connectivity index is 1.85. The fourth-order valence-electron chi connectivity index (χ4n) is 2.88. The van der Waals surface area contributed by atoms with Crippen molar-refractivity contribution < 1.29 is 8.42 Å². The largest absolute Gasteiger partial charge is 0.314 e. The van der Waals surface area contributed by atoms with Crippen LogP contribution in [0.4, 0.5) is 0 Å². The molecule has 1 atom stereocenters. The third-order valence-corrected chi connectivity index (χ3v) is 6.32. The Morgan fingerprint density at radius 2 is 1.95 bits per heavy atom. The van der Waals surface area contributed by atoms with Crippen LogP contribution in [0.5, 0.6) is 0 Å². The molecular formula is C15H30N2O2S. The average molecular weight is 302 g/mol. The van der Waals surface area contributed by atoms with Gasteiger partial charge in [0.15, 0.2) is 0 Å². The molecule has 0 amide bonds. The number of piperidine rings is 1. The van der Waals surface area contributed by atoms with Crippen LogP contribution in [0.1, 0.15) is 58.8 Å². The summed E-state index contributed by atoms with van der Waals surface area (Å²) >= 11 is 0. The first-order chi connectivity index (χ1) is 9.49. The van der Waals surface area contributed by atoms with Crippen LogP contribution in [0, 0.1) is 5.92 Å². The first-order valence-corrected chi connectivity index (χ1v) is 9.83. The molecule has 1 saturated heterocycles. The van der Waals surface area contributed by atoms with Crippen molar-refractivity contribution in [1.29, 1.82) is 0 Å². The number of nitrogens with zero attached hydrogens (tertiary/aromatic N) is 1. The number of sulfonamides is 1. The van der Waals surface area contributed by atoms with Crippen molar-refractivity contribution in [2.45, 2.75) is 70.9 Å². The Morgan fingerprint density at radius 3 is 2.50 bits per heavy atom. The molecule has 4 nitrogen and oxygen atoms in total. The van der Waals surface area contributed by atoms with Crippen LogP contribution in [0.25, 0.3) is 0 Å². The molecule has 5 heteroatoms. The van der Waals surface area contributed by atoms with Crippen molar-refractivity contribution in [3.8, 4) is 0 Å². The molecule has 1 N–H and O–H groups in total. The molecule has 0 radical (unpaired) electrons. The number of nitrogens with one attached hydrogen (secondary N) is 1. The molecule has 0 aromatic carbocycles. The molecule has 0 aromatic heterocycles. The lowest BCUT2D eigenvalue weighted by Crippen LogP contribution is -2.40. The maximum Gasteiger partial charge on any atom is 0.214 e. The maximum absolute atomic E-state index is 12.6. The maximum atomic E-state index is 12.6. The summed E-state index contributed by atoms with van der Waals surface area (Å²) in [4.78, 5) is 0. The summed E-state index contributed by atoms with van der Waals surface area (Å²) in [6, 6.07) is 0.711. The summed E-state index contributed by atoms with van der Waals surface area (Å²) in [5.41, 5.74) is 0. The molecule has 1 unspecified atom stereocenters. The topological polar surface area (TPSA) is 49.4 Å². The molecule has 1 saturated carbocycles. The zero-order chi connectivity index (χ0) is 14.6. The molecular weight excluding hydrogens is 272 g/mol. The predicted octanol–water partition coefficient (Wildman–Crippen LogP) is 2.36. The first kappa shape index (κ1) is 16.2. The fourth-order valence-corrected chi connectivity index (χ4v) is 4.74. The van der Waals surface area contributed by atoms with E-state index in [1.807, 2.05) is 0 Å². The van der Waals surface area contributed by atoms with Crippen LogP contribution in [-0.4, -0.2) is 43.6 Å². The Kier molecular flexibility index (Phi) is 5.87. The molecule has 1 aliphatic heterocycles. The van der Waals surface area contributed by atoms with E-state index in [2.05, 4.69) is 19.2 Å². The number of hydrogen-bond acceptors (Lipinski definition) is 3. The molecule has 2 fully saturated rings. The van der Waals surface area contributed by atoms with E-state index in [-0.39, 0.29) is 0 Å². The highest BCUT2D eigenvalue weighted by atomic mass is 32.2. The van der Waals surface area contributed by atoms with Gasteiger partial charge in [0, 0.05) is 18.6 Å². The second-order valence-corrected chi connectivity index (χ2v) is 8.82. The minimum absolute atomic E-state index is 0.304. The Labute approximate surface area is 124 Å². The zero-order valence-electron chi connectivity index (χ0n) is 13.0. The van der Waals surface area contributed by atoms with Gasteiger partial charge in [-0.3, -0.25) is 0 Å². The number of rotatable bonds is 8. The van der Waals surface area contributed by atoms with Crippen molar-refractivity contribution >= 4 is 10.0 Å². The lowest BCUT2D eigenvalue weighted by molar-refractivity contribution is 0.363. The van der Waals surface area contributed by atoms with E-state index in [0.29, 0.717) is 30.3 Å². The van der Waals surface area contributed by atoms with Gasteiger partial charge in [-0.25, -0.2) is 8.42 Å². The predicted molar refractivity (Wildman–Crippen MR) is 83.2 cm³/mol. The normalized spacial score (nSPS) is 24.5. The van der Waals surface area contributed by atoms with E-state index in [9.17, 15) is 8.42 Å². The van der Waals surface area contributed by atoms with Gasteiger partial charge in [0.2, 0.25) is 10.0 Å². The van der Waals surface area contributed by atoms with Gasteiger partial charge in [0.25, 0.3) is 0 Å². The third-order valence-electron chi connectivity index (χ3n) is 4.37. The smallest absolute Gasteiger partial charge is 0.214 e.